The first kappa shape index (κ1) is 25.2. The van der Waals surface area contributed by atoms with Crippen LogP contribution < -0.4 is 15.4 Å². The highest BCUT2D eigenvalue weighted by Gasteiger charge is 2.08. The normalized spacial score (nSPS) is 12.1. The van der Waals surface area contributed by atoms with E-state index in [0.717, 1.165) is 35.5 Å². The van der Waals surface area contributed by atoms with E-state index in [-0.39, 0.29) is 30.5 Å². The lowest BCUT2D eigenvalue weighted by Gasteiger charge is -2.14. The van der Waals surface area contributed by atoms with E-state index in [1.807, 2.05) is 62.4 Å². The number of anilines is 1. The van der Waals surface area contributed by atoms with Gasteiger partial charge in [0.2, 0.25) is 0 Å². The fourth-order valence-corrected chi connectivity index (χ4v) is 2.66. The van der Waals surface area contributed by atoms with Crippen LogP contribution in [0.25, 0.3) is 0 Å². The van der Waals surface area contributed by atoms with Crippen LogP contribution in [-0.2, 0) is 4.74 Å². The van der Waals surface area contributed by atoms with Crippen LogP contribution in [0, 0.1) is 6.92 Å². The van der Waals surface area contributed by atoms with Crippen LogP contribution >= 0.6 is 24.0 Å². The zero-order valence-electron chi connectivity index (χ0n) is 17.4. The molecule has 6 nitrogen and oxygen atoms in total. The molecular weight excluding hydrogens is 481 g/mol. The van der Waals surface area contributed by atoms with Crippen molar-refractivity contribution in [3.8, 4) is 5.75 Å². The zero-order valence-corrected chi connectivity index (χ0v) is 19.7. The van der Waals surface area contributed by atoms with E-state index in [9.17, 15) is 5.11 Å². The van der Waals surface area contributed by atoms with Gasteiger partial charge < -0.3 is 25.2 Å². The monoisotopic (exact) mass is 513 g/mol. The number of benzene rings is 2. The van der Waals surface area contributed by atoms with E-state index in [0.29, 0.717) is 19.2 Å². The highest BCUT2D eigenvalue weighted by molar-refractivity contribution is 14.0. The van der Waals surface area contributed by atoms with Gasteiger partial charge in [0.25, 0.3) is 0 Å². The van der Waals surface area contributed by atoms with Gasteiger partial charge in [0.15, 0.2) is 5.96 Å². The Morgan fingerprint density at radius 2 is 1.93 bits per heavy atom. The van der Waals surface area contributed by atoms with E-state index in [1.54, 1.807) is 7.11 Å². The number of aryl methyl sites for hydroxylation is 1. The van der Waals surface area contributed by atoms with Crippen molar-refractivity contribution in [1.82, 2.24) is 5.32 Å². The minimum absolute atomic E-state index is 0. The van der Waals surface area contributed by atoms with Gasteiger partial charge in [0.05, 0.1) is 19.3 Å². The van der Waals surface area contributed by atoms with Crippen molar-refractivity contribution in [1.29, 1.82) is 0 Å². The Hall–Kier alpha value is -1.84. The molecule has 7 heteroatoms. The fourth-order valence-electron chi connectivity index (χ4n) is 2.66. The molecule has 0 fully saturated rings. The Balaban J connectivity index is 0.00000420. The van der Waals surface area contributed by atoms with Crippen LogP contribution in [0.4, 0.5) is 5.69 Å². The second-order valence-corrected chi connectivity index (χ2v) is 6.50. The molecule has 3 N–H and O–H groups in total. The summed E-state index contributed by atoms with van der Waals surface area (Å²) in [5.74, 6) is 1.41. The summed E-state index contributed by atoms with van der Waals surface area (Å²) in [6.45, 7) is 6.29. The van der Waals surface area contributed by atoms with E-state index in [1.165, 1.54) is 0 Å². The van der Waals surface area contributed by atoms with Crippen LogP contribution in [0.15, 0.2) is 53.5 Å². The summed E-state index contributed by atoms with van der Waals surface area (Å²) in [6, 6.07) is 15.6. The molecule has 0 saturated carbocycles. The summed E-state index contributed by atoms with van der Waals surface area (Å²) in [7, 11) is 1.68. The zero-order chi connectivity index (χ0) is 20.2. The Bertz CT molecular complexity index is 756. The third kappa shape index (κ3) is 9.47. The average molecular weight is 513 g/mol. The molecule has 0 heterocycles. The number of nitrogens with zero attached hydrogens (tertiary/aromatic N) is 1. The van der Waals surface area contributed by atoms with E-state index in [4.69, 9.17) is 9.47 Å². The minimum Gasteiger partial charge on any atom is -0.493 e. The molecule has 2 aromatic rings. The number of hydrogen-bond donors (Lipinski definition) is 3. The summed E-state index contributed by atoms with van der Waals surface area (Å²) in [5, 5.41) is 16.9. The smallest absolute Gasteiger partial charge is 0.195 e. The molecule has 0 aromatic heterocycles. The molecule has 1 atom stereocenters. The number of aliphatic hydroxyl groups excluding tert-OH is 1. The molecule has 2 rings (SSSR count). The lowest BCUT2D eigenvalue weighted by atomic mass is 10.1. The highest BCUT2D eigenvalue weighted by Crippen LogP contribution is 2.18. The van der Waals surface area contributed by atoms with Crippen LogP contribution in [0.2, 0.25) is 0 Å². The standard InChI is InChI=1S/C22H31N3O3.HI/c1-4-23-22(24-16-21(26)18-9-5-8-17(2)14-18)25-19-10-6-11-20(15-19)28-13-7-12-27-3;/h5-6,8-11,14-15,21,26H,4,7,12-13,16H2,1-3H3,(H2,23,24,25);1H. The van der Waals surface area contributed by atoms with Crippen LogP contribution in [0.5, 0.6) is 5.75 Å². The van der Waals surface area contributed by atoms with Crippen molar-refractivity contribution < 1.29 is 14.6 Å². The Labute approximate surface area is 190 Å². The number of ether oxygens (including phenoxy) is 2. The number of aliphatic imine (C=N–C) groups is 1. The fraction of sp³-hybridized carbons (Fsp3) is 0.409. The number of halogens is 1. The van der Waals surface area contributed by atoms with Gasteiger partial charge in [0, 0.05) is 38.4 Å². The molecule has 1 unspecified atom stereocenters. The second kappa shape index (κ2) is 14.2. The van der Waals surface area contributed by atoms with Gasteiger partial charge in [-0.15, -0.1) is 24.0 Å². The molecule has 0 aliphatic rings. The molecule has 0 bridgehead atoms. The first-order chi connectivity index (χ1) is 13.6. The van der Waals surface area contributed by atoms with Gasteiger partial charge >= 0.3 is 0 Å². The third-order valence-electron chi connectivity index (χ3n) is 4.05. The first-order valence-electron chi connectivity index (χ1n) is 9.64. The van der Waals surface area contributed by atoms with Crippen molar-refractivity contribution in [2.24, 2.45) is 4.99 Å². The number of nitrogens with one attached hydrogen (secondary N) is 2. The van der Waals surface area contributed by atoms with Crippen molar-refractivity contribution in [3.05, 3.63) is 59.7 Å². The molecule has 2 aromatic carbocycles. The molecule has 0 radical (unpaired) electrons. The molecule has 0 spiro atoms. The van der Waals surface area contributed by atoms with Gasteiger partial charge in [-0.2, -0.15) is 0 Å². The maximum atomic E-state index is 10.4. The Kier molecular flexibility index (Phi) is 12.3. The summed E-state index contributed by atoms with van der Waals surface area (Å²) >= 11 is 0. The molecule has 0 aliphatic carbocycles. The van der Waals surface area contributed by atoms with Gasteiger partial charge in [-0.25, -0.2) is 4.99 Å². The summed E-state index contributed by atoms with van der Waals surface area (Å²) in [5.41, 5.74) is 2.85. The lowest BCUT2D eigenvalue weighted by molar-refractivity contribution is 0.172. The maximum absolute atomic E-state index is 10.4. The van der Waals surface area contributed by atoms with Gasteiger partial charge in [-0.3, -0.25) is 0 Å². The number of hydrogen-bond acceptors (Lipinski definition) is 4. The van der Waals surface area contributed by atoms with Crippen LogP contribution in [0.1, 0.15) is 30.6 Å². The maximum Gasteiger partial charge on any atom is 0.195 e. The summed E-state index contributed by atoms with van der Waals surface area (Å²) in [6.07, 6.45) is 0.195. The molecule has 0 amide bonds. The summed E-state index contributed by atoms with van der Waals surface area (Å²) < 4.78 is 10.8. The van der Waals surface area contributed by atoms with E-state index >= 15 is 0 Å². The molecule has 0 saturated heterocycles. The average Bonchev–Trinajstić information content (AvgIpc) is 2.70. The van der Waals surface area contributed by atoms with Gasteiger partial charge in [0.1, 0.15) is 5.75 Å². The third-order valence-corrected chi connectivity index (χ3v) is 4.05. The molecule has 0 aliphatic heterocycles. The molecular formula is C22H32IN3O3. The minimum atomic E-state index is -0.647. The van der Waals surface area contributed by atoms with Gasteiger partial charge in [-0.1, -0.05) is 35.9 Å². The van der Waals surface area contributed by atoms with Crippen molar-refractivity contribution in [3.63, 3.8) is 0 Å². The van der Waals surface area contributed by atoms with Gasteiger partial charge in [-0.05, 0) is 31.5 Å². The molecule has 29 heavy (non-hydrogen) atoms. The predicted octanol–water partition coefficient (Wildman–Crippen LogP) is 4.14. The molecule has 160 valence electrons. The van der Waals surface area contributed by atoms with Crippen molar-refractivity contribution in [2.75, 3.05) is 38.7 Å². The van der Waals surface area contributed by atoms with E-state index in [2.05, 4.69) is 15.6 Å². The lowest BCUT2D eigenvalue weighted by Crippen LogP contribution is -2.31. The SMILES string of the molecule is CCNC(=NCC(O)c1cccc(C)c1)Nc1cccc(OCCCOC)c1.I. The van der Waals surface area contributed by atoms with Crippen molar-refractivity contribution in [2.45, 2.75) is 26.4 Å². The predicted molar refractivity (Wildman–Crippen MR) is 130 cm³/mol. The van der Waals surface area contributed by atoms with Crippen LogP contribution in [0.3, 0.4) is 0 Å². The van der Waals surface area contributed by atoms with Crippen molar-refractivity contribution >= 4 is 35.6 Å². The first-order valence-corrected chi connectivity index (χ1v) is 9.64. The Morgan fingerprint density at radius 3 is 2.66 bits per heavy atom. The van der Waals surface area contributed by atoms with E-state index < -0.39 is 6.10 Å². The number of guanidine groups is 1. The highest BCUT2D eigenvalue weighted by atomic mass is 127. The number of methoxy groups -OCH3 is 1. The number of aliphatic hydroxyl groups is 1. The van der Waals surface area contributed by atoms with Crippen LogP contribution in [-0.4, -0.2) is 44.5 Å². The number of rotatable bonds is 10. The largest absolute Gasteiger partial charge is 0.493 e. The second-order valence-electron chi connectivity index (χ2n) is 6.50. The quantitative estimate of drug-likeness (QED) is 0.193. The topological polar surface area (TPSA) is 75.1 Å². The summed E-state index contributed by atoms with van der Waals surface area (Å²) in [4.78, 5) is 4.52. The Morgan fingerprint density at radius 1 is 1.14 bits per heavy atom.